The Morgan fingerprint density at radius 1 is 1.10 bits per heavy atom. The molecule has 2 aliphatic rings. The third-order valence-corrected chi connectivity index (χ3v) is 6.67. The average molecular weight is 426 g/mol. The first kappa shape index (κ1) is 20.1. The van der Waals surface area contributed by atoms with Crippen molar-refractivity contribution in [3.8, 4) is 0 Å². The van der Waals surface area contributed by atoms with Gasteiger partial charge in [0.15, 0.2) is 0 Å². The second-order valence-electron chi connectivity index (χ2n) is 7.29. The van der Waals surface area contributed by atoms with Gasteiger partial charge in [0.2, 0.25) is 5.91 Å². The van der Waals surface area contributed by atoms with E-state index in [-0.39, 0.29) is 23.2 Å². The molecule has 30 heavy (non-hydrogen) atoms. The molecule has 156 valence electrons. The topological polar surface area (TPSA) is 108 Å². The zero-order chi connectivity index (χ0) is 21.3. The van der Waals surface area contributed by atoms with Crippen LogP contribution in [-0.4, -0.2) is 50.6 Å². The van der Waals surface area contributed by atoms with E-state index in [0.717, 1.165) is 25.9 Å². The summed E-state index contributed by atoms with van der Waals surface area (Å²) in [4.78, 5) is 31.3. The second kappa shape index (κ2) is 7.91. The highest BCUT2D eigenvalue weighted by molar-refractivity contribution is 7.90. The lowest BCUT2D eigenvalue weighted by molar-refractivity contribution is -0.114. The van der Waals surface area contributed by atoms with Crippen LogP contribution in [0.25, 0.3) is 0 Å². The van der Waals surface area contributed by atoms with E-state index in [4.69, 9.17) is 0 Å². The SMILES string of the molecule is Cc1c(NC(=O)CN=C2NS(=O)(=O)c3ccccc32)cccc1C(=O)N1CCCC1. The maximum absolute atomic E-state index is 12.7. The largest absolute Gasteiger partial charge is 0.339 e. The zero-order valence-corrected chi connectivity index (χ0v) is 17.3. The number of nitrogens with one attached hydrogen (secondary N) is 2. The van der Waals surface area contributed by atoms with Gasteiger partial charge < -0.3 is 10.2 Å². The summed E-state index contributed by atoms with van der Waals surface area (Å²) in [6.45, 7) is 3.05. The van der Waals surface area contributed by atoms with Gasteiger partial charge in [-0.2, -0.15) is 0 Å². The van der Waals surface area contributed by atoms with Crippen LogP contribution in [0.15, 0.2) is 52.4 Å². The number of amides is 2. The fourth-order valence-corrected chi connectivity index (χ4v) is 4.94. The van der Waals surface area contributed by atoms with Crippen LogP contribution < -0.4 is 10.0 Å². The Hall–Kier alpha value is -3.20. The van der Waals surface area contributed by atoms with Crippen molar-refractivity contribution >= 4 is 33.4 Å². The van der Waals surface area contributed by atoms with E-state index in [9.17, 15) is 18.0 Å². The number of hydrogen-bond acceptors (Lipinski definition) is 5. The Bertz CT molecular complexity index is 1150. The summed E-state index contributed by atoms with van der Waals surface area (Å²) in [5, 5.41) is 2.77. The zero-order valence-electron chi connectivity index (χ0n) is 16.5. The van der Waals surface area contributed by atoms with Crippen molar-refractivity contribution in [2.24, 2.45) is 4.99 Å². The summed E-state index contributed by atoms with van der Waals surface area (Å²) >= 11 is 0. The van der Waals surface area contributed by atoms with Crippen LogP contribution in [0, 0.1) is 6.92 Å². The number of fused-ring (bicyclic) bond motifs is 1. The van der Waals surface area contributed by atoms with Gasteiger partial charge in [0.25, 0.3) is 15.9 Å². The molecular formula is C21H22N4O4S. The number of amidine groups is 1. The van der Waals surface area contributed by atoms with Gasteiger partial charge in [-0.25, -0.2) is 8.42 Å². The van der Waals surface area contributed by atoms with Crippen molar-refractivity contribution in [2.45, 2.75) is 24.7 Å². The van der Waals surface area contributed by atoms with Gasteiger partial charge >= 0.3 is 0 Å². The van der Waals surface area contributed by atoms with E-state index in [1.165, 1.54) is 6.07 Å². The molecule has 2 aromatic carbocycles. The van der Waals surface area contributed by atoms with Gasteiger partial charge in [-0.15, -0.1) is 0 Å². The fraction of sp³-hybridized carbons (Fsp3) is 0.286. The van der Waals surface area contributed by atoms with E-state index in [0.29, 0.717) is 22.4 Å². The Labute approximate surface area is 175 Å². The molecule has 0 unspecified atom stereocenters. The molecule has 2 aromatic rings. The molecule has 0 aromatic heterocycles. The average Bonchev–Trinajstić information content (AvgIpc) is 3.35. The van der Waals surface area contributed by atoms with Crippen molar-refractivity contribution in [2.75, 3.05) is 25.0 Å². The van der Waals surface area contributed by atoms with Gasteiger partial charge in [0, 0.05) is 29.9 Å². The monoisotopic (exact) mass is 426 g/mol. The van der Waals surface area contributed by atoms with Crippen molar-refractivity contribution in [1.29, 1.82) is 0 Å². The maximum atomic E-state index is 12.7. The van der Waals surface area contributed by atoms with E-state index in [1.807, 2.05) is 4.90 Å². The summed E-state index contributed by atoms with van der Waals surface area (Å²) in [5.74, 6) is -0.284. The normalized spacial score (nSPS) is 18.2. The minimum absolute atomic E-state index is 0.0293. The van der Waals surface area contributed by atoms with Crippen LogP contribution in [0.3, 0.4) is 0 Å². The molecule has 0 aliphatic carbocycles. The van der Waals surface area contributed by atoms with Gasteiger partial charge in [-0.05, 0) is 49.6 Å². The fourth-order valence-electron chi connectivity index (χ4n) is 3.69. The van der Waals surface area contributed by atoms with E-state index < -0.39 is 15.9 Å². The van der Waals surface area contributed by atoms with Crippen molar-refractivity contribution in [3.05, 3.63) is 59.2 Å². The second-order valence-corrected chi connectivity index (χ2v) is 8.94. The summed E-state index contributed by atoms with van der Waals surface area (Å²) < 4.78 is 26.6. The number of anilines is 1. The van der Waals surface area contributed by atoms with Gasteiger partial charge in [0.05, 0.1) is 4.90 Å². The lowest BCUT2D eigenvalue weighted by atomic mass is 10.1. The van der Waals surface area contributed by atoms with E-state index in [1.54, 1.807) is 43.3 Å². The summed E-state index contributed by atoms with van der Waals surface area (Å²) in [6.07, 6.45) is 2.02. The van der Waals surface area contributed by atoms with Gasteiger partial charge in [-0.3, -0.25) is 19.3 Å². The standard InChI is InChI=1S/C21H22N4O4S/c1-14-15(21(27)25-11-4-5-12-25)8-6-9-17(14)23-19(26)13-22-20-16-7-2-3-10-18(16)30(28,29)24-20/h2-3,6-10H,4-5,11-13H2,1H3,(H,22,24)(H,23,26). The third-order valence-electron chi connectivity index (χ3n) is 5.28. The van der Waals surface area contributed by atoms with Crippen LogP contribution in [0.1, 0.15) is 34.3 Å². The molecular weight excluding hydrogens is 404 g/mol. The van der Waals surface area contributed by atoms with Crippen LogP contribution >= 0.6 is 0 Å². The molecule has 0 spiro atoms. The molecule has 0 bridgehead atoms. The molecule has 4 rings (SSSR count). The van der Waals surface area contributed by atoms with Gasteiger partial charge in [0.1, 0.15) is 12.4 Å². The highest BCUT2D eigenvalue weighted by Crippen LogP contribution is 2.23. The minimum Gasteiger partial charge on any atom is -0.339 e. The highest BCUT2D eigenvalue weighted by atomic mass is 32.2. The number of nitrogens with zero attached hydrogens (tertiary/aromatic N) is 2. The number of carbonyl (C=O) groups is 2. The van der Waals surface area contributed by atoms with Crippen LogP contribution in [0.2, 0.25) is 0 Å². The Morgan fingerprint density at radius 3 is 2.60 bits per heavy atom. The third kappa shape index (κ3) is 3.80. The Morgan fingerprint density at radius 2 is 1.83 bits per heavy atom. The number of sulfonamides is 1. The van der Waals surface area contributed by atoms with Crippen LogP contribution in [0.5, 0.6) is 0 Å². The first-order valence-corrected chi connectivity index (χ1v) is 11.2. The first-order valence-electron chi connectivity index (χ1n) is 9.72. The first-order chi connectivity index (χ1) is 14.4. The van der Waals surface area contributed by atoms with Crippen molar-refractivity contribution in [1.82, 2.24) is 9.62 Å². The smallest absolute Gasteiger partial charge is 0.263 e. The van der Waals surface area contributed by atoms with Crippen molar-refractivity contribution in [3.63, 3.8) is 0 Å². The summed E-state index contributed by atoms with van der Waals surface area (Å²) in [7, 11) is -3.65. The van der Waals surface area contributed by atoms with Crippen LogP contribution in [-0.2, 0) is 14.8 Å². The number of hydrogen-bond donors (Lipinski definition) is 2. The predicted molar refractivity (Wildman–Crippen MR) is 113 cm³/mol. The molecule has 2 N–H and O–H groups in total. The molecule has 0 radical (unpaired) electrons. The molecule has 8 nitrogen and oxygen atoms in total. The molecule has 1 saturated heterocycles. The molecule has 1 fully saturated rings. The molecule has 9 heteroatoms. The number of aliphatic imine (C=N–C) groups is 1. The number of benzene rings is 2. The maximum Gasteiger partial charge on any atom is 0.263 e. The lowest BCUT2D eigenvalue weighted by Crippen LogP contribution is -2.28. The van der Waals surface area contributed by atoms with E-state index in [2.05, 4.69) is 15.0 Å². The highest BCUT2D eigenvalue weighted by Gasteiger charge is 2.30. The minimum atomic E-state index is -3.65. The lowest BCUT2D eigenvalue weighted by Gasteiger charge is -2.18. The summed E-state index contributed by atoms with van der Waals surface area (Å²) in [6, 6.07) is 11.7. The number of carbonyl (C=O) groups excluding carboxylic acids is 2. The number of rotatable bonds is 4. The number of likely N-dealkylation sites (tertiary alicyclic amines) is 1. The molecule has 2 aliphatic heterocycles. The van der Waals surface area contributed by atoms with Crippen LogP contribution in [0.4, 0.5) is 5.69 Å². The van der Waals surface area contributed by atoms with Crippen molar-refractivity contribution < 1.29 is 18.0 Å². The molecule has 2 amide bonds. The summed E-state index contributed by atoms with van der Waals surface area (Å²) in [5.41, 5.74) is 2.25. The van der Waals surface area contributed by atoms with Gasteiger partial charge in [-0.1, -0.05) is 18.2 Å². The Balaban J connectivity index is 1.48. The molecule has 0 saturated carbocycles. The van der Waals surface area contributed by atoms with E-state index >= 15 is 0 Å². The molecule has 0 atom stereocenters. The molecule has 2 heterocycles. The quantitative estimate of drug-likeness (QED) is 0.778. The Kier molecular flexibility index (Phi) is 5.29. The predicted octanol–water partition coefficient (Wildman–Crippen LogP) is 1.91.